The number of aromatic nitrogens is 1. The Labute approximate surface area is 112 Å². The zero-order valence-electron chi connectivity index (χ0n) is 10.9. The molecule has 1 aromatic carbocycles. The van der Waals surface area contributed by atoms with Gasteiger partial charge in [0.15, 0.2) is 0 Å². The Morgan fingerprint density at radius 3 is 2.39 bits per heavy atom. The third-order valence-electron chi connectivity index (χ3n) is 3.79. The molecular formula is C15H18N2S. The van der Waals surface area contributed by atoms with E-state index in [1.807, 2.05) is 0 Å². The summed E-state index contributed by atoms with van der Waals surface area (Å²) in [4.78, 5) is 6.07. The van der Waals surface area contributed by atoms with Crippen LogP contribution in [0.1, 0.15) is 34.7 Å². The third kappa shape index (κ3) is 1.88. The number of rotatable bonds is 2. The van der Waals surface area contributed by atoms with Gasteiger partial charge in [-0.1, -0.05) is 29.8 Å². The highest BCUT2D eigenvalue weighted by Crippen LogP contribution is 2.42. The predicted molar refractivity (Wildman–Crippen MR) is 76.7 cm³/mol. The van der Waals surface area contributed by atoms with E-state index in [9.17, 15) is 0 Å². The molecule has 2 N–H and O–H groups in total. The van der Waals surface area contributed by atoms with Crippen molar-refractivity contribution in [2.75, 3.05) is 0 Å². The smallest absolute Gasteiger partial charge is 0.113 e. The number of nitrogens with two attached hydrogens (primary N) is 1. The standard InChI is InChI=1S/C15H18N2S/c1-10-4-6-12(7-5-10)13-11(2)18-14(17-13)15(16)8-3-9-15/h4-7H,3,8-9,16H2,1-2H3. The maximum absolute atomic E-state index is 6.36. The molecule has 1 fully saturated rings. The van der Waals surface area contributed by atoms with Crippen molar-refractivity contribution in [2.24, 2.45) is 5.73 Å². The van der Waals surface area contributed by atoms with Crippen LogP contribution >= 0.6 is 11.3 Å². The first-order chi connectivity index (χ1) is 8.58. The Morgan fingerprint density at radius 2 is 1.83 bits per heavy atom. The molecule has 0 spiro atoms. The van der Waals surface area contributed by atoms with Gasteiger partial charge >= 0.3 is 0 Å². The van der Waals surface area contributed by atoms with Crippen molar-refractivity contribution < 1.29 is 0 Å². The largest absolute Gasteiger partial charge is 0.319 e. The molecule has 94 valence electrons. The van der Waals surface area contributed by atoms with Crippen LogP contribution < -0.4 is 5.73 Å². The summed E-state index contributed by atoms with van der Waals surface area (Å²) < 4.78 is 0. The fourth-order valence-corrected chi connectivity index (χ4v) is 3.45. The van der Waals surface area contributed by atoms with Crippen molar-refractivity contribution in [3.63, 3.8) is 0 Å². The van der Waals surface area contributed by atoms with Gasteiger partial charge in [-0.2, -0.15) is 0 Å². The molecule has 0 saturated heterocycles. The van der Waals surface area contributed by atoms with Gasteiger partial charge in [-0.05, 0) is 33.1 Å². The molecule has 1 aliphatic carbocycles. The molecule has 0 unspecified atom stereocenters. The van der Waals surface area contributed by atoms with Gasteiger partial charge in [0.25, 0.3) is 0 Å². The van der Waals surface area contributed by atoms with Crippen molar-refractivity contribution in [3.8, 4) is 11.3 Å². The Balaban J connectivity index is 2.00. The van der Waals surface area contributed by atoms with Gasteiger partial charge in [-0.25, -0.2) is 4.98 Å². The molecule has 0 aliphatic heterocycles. The molecule has 1 heterocycles. The van der Waals surface area contributed by atoms with Gasteiger partial charge < -0.3 is 5.73 Å². The molecule has 3 rings (SSSR count). The summed E-state index contributed by atoms with van der Waals surface area (Å²) in [6, 6.07) is 8.56. The predicted octanol–water partition coefficient (Wildman–Crippen LogP) is 3.76. The highest BCUT2D eigenvalue weighted by atomic mass is 32.1. The van der Waals surface area contributed by atoms with Gasteiger partial charge in [-0.15, -0.1) is 11.3 Å². The molecule has 0 radical (unpaired) electrons. The maximum Gasteiger partial charge on any atom is 0.113 e. The van der Waals surface area contributed by atoms with E-state index >= 15 is 0 Å². The fraction of sp³-hybridized carbons (Fsp3) is 0.400. The SMILES string of the molecule is Cc1ccc(-c2nc(C3(N)CCC3)sc2C)cc1. The summed E-state index contributed by atoms with van der Waals surface area (Å²) in [6.07, 6.45) is 3.38. The van der Waals surface area contributed by atoms with Crippen LogP contribution in [0.15, 0.2) is 24.3 Å². The van der Waals surface area contributed by atoms with Gasteiger partial charge in [0.1, 0.15) is 5.01 Å². The van der Waals surface area contributed by atoms with E-state index in [1.165, 1.54) is 22.4 Å². The summed E-state index contributed by atoms with van der Waals surface area (Å²) in [5.41, 5.74) is 9.80. The van der Waals surface area contributed by atoms with Gasteiger partial charge in [0.05, 0.1) is 11.2 Å². The molecule has 18 heavy (non-hydrogen) atoms. The average Bonchev–Trinajstić information content (AvgIpc) is 2.70. The Kier molecular flexibility index (Phi) is 2.76. The van der Waals surface area contributed by atoms with Crippen LogP contribution in [-0.2, 0) is 5.54 Å². The van der Waals surface area contributed by atoms with Crippen molar-refractivity contribution >= 4 is 11.3 Å². The summed E-state index contributed by atoms with van der Waals surface area (Å²) >= 11 is 1.76. The highest BCUT2D eigenvalue weighted by Gasteiger charge is 2.37. The zero-order valence-corrected chi connectivity index (χ0v) is 11.7. The van der Waals surface area contributed by atoms with Gasteiger partial charge in [0, 0.05) is 10.4 Å². The fourth-order valence-electron chi connectivity index (χ4n) is 2.36. The second-order valence-electron chi connectivity index (χ2n) is 5.30. The minimum atomic E-state index is -0.141. The molecular weight excluding hydrogens is 240 g/mol. The normalized spacial score (nSPS) is 17.5. The van der Waals surface area contributed by atoms with Crippen LogP contribution in [0.4, 0.5) is 0 Å². The molecule has 0 atom stereocenters. The first kappa shape index (κ1) is 11.9. The number of hydrogen-bond donors (Lipinski definition) is 1. The molecule has 3 heteroatoms. The molecule has 1 aliphatic rings. The lowest BCUT2D eigenvalue weighted by molar-refractivity contribution is 0.253. The van der Waals surface area contributed by atoms with Crippen LogP contribution in [0, 0.1) is 13.8 Å². The van der Waals surface area contributed by atoms with E-state index in [0.717, 1.165) is 23.5 Å². The van der Waals surface area contributed by atoms with Crippen molar-refractivity contribution in [3.05, 3.63) is 39.7 Å². The topological polar surface area (TPSA) is 38.9 Å². The number of benzene rings is 1. The lowest BCUT2D eigenvalue weighted by Gasteiger charge is -2.35. The van der Waals surface area contributed by atoms with Gasteiger partial charge in [0.2, 0.25) is 0 Å². The summed E-state index contributed by atoms with van der Waals surface area (Å²) in [7, 11) is 0. The van der Waals surface area contributed by atoms with Crippen molar-refractivity contribution in [2.45, 2.75) is 38.6 Å². The number of nitrogens with zero attached hydrogens (tertiary/aromatic N) is 1. The average molecular weight is 258 g/mol. The minimum absolute atomic E-state index is 0.141. The Bertz CT molecular complexity index is 565. The maximum atomic E-state index is 6.36. The van der Waals surface area contributed by atoms with Crippen LogP contribution in [0.5, 0.6) is 0 Å². The summed E-state index contributed by atoms with van der Waals surface area (Å²) in [6.45, 7) is 4.24. The molecule has 0 amide bonds. The van der Waals surface area contributed by atoms with E-state index in [4.69, 9.17) is 10.7 Å². The van der Waals surface area contributed by atoms with Gasteiger partial charge in [-0.3, -0.25) is 0 Å². The van der Waals surface area contributed by atoms with E-state index in [0.29, 0.717) is 0 Å². The zero-order chi connectivity index (χ0) is 12.8. The highest BCUT2D eigenvalue weighted by molar-refractivity contribution is 7.12. The minimum Gasteiger partial charge on any atom is -0.319 e. The molecule has 1 saturated carbocycles. The Morgan fingerprint density at radius 1 is 1.17 bits per heavy atom. The monoisotopic (exact) mass is 258 g/mol. The number of thiazole rings is 1. The van der Waals surface area contributed by atoms with Crippen molar-refractivity contribution in [1.82, 2.24) is 4.98 Å². The lowest BCUT2D eigenvalue weighted by atomic mass is 9.78. The van der Waals surface area contributed by atoms with E-state index in [1.54, 1.807) is 11.3 Å². The van der Waals surface area contributed by atoms with Crippen LogP contribution in [0.25, 0.3) is 11.3 Å². The first-order valence-corrected chi connectivity index (χ1v) is 7.24. The summed E-state index contributed by atoms with van der Waals surface area (Å²) in [5, 5.41) is 1.11. The van der Waals surface area contributed by atoms with Crippen LogP contribution in [0.3, 0.4) is 0 Å². The van der Waals surface area contributed by atoms with Crippen molar-refractivity contribution in [1.29, 1.82) is 0 Å². The van der Waals surface area contributed by atoms with Crippen LogP contribution in [0.2, 0.25) is 0 Å². The number of aryl methyl sites for hydroxylation is 2. The molecule has 0 bridgehead atoms. The van der Waals surface area contributed by atoms with Crippen LogP contribution in [-0.4, -0.2) is 4.98 Å². The van der Waals surface area contributed by atoms with E-state index < -0.39 is 0 Å². The summed E-state index contributed by atoms with van der Waals surface area (Å²) in [5.74, 6) is 0. The molecule has 1 aromatic heterocycles. The second kappa shape index (κ2) is 4.18. The van der Waals surface area contributed by atoms with E-state index in [-0.39, 0.29) is 5.54 Å². The molecule has 2 aromatic rings. The third-order valence-corrected chi connectivity index (χ3v) is 4.98. The molecule has 2 nitrogen and oxygen atoms in total. The Hall–Kier alpha value is -1.19. The first-order valence-electron chi connectivity index (χ1n) is 6.42. The number of hydrogen-bond acceptors (Lipinski definition) is 3. The second-order valence-corrected chi connectivity index (χ2v) is 6.50. The van der Waals surface area contributed by atoms with E-state index in [2.05, 4.69) is 38.1 Å². The lowest BCUT2D eigenvalue weighted by Crippen LogP contribution is -2.43. The quantitative estimate of drug-likeness (QED) is 0.890.